The van der Waals surface area contributed by atoms with Crippen molar-refractivity contribution in [3.63, 3.8) is 0 Å². The minimum atomic E-state index is -3.88. The molecule has 1 atom stereocenters. The zero-order valence-electron chi connectivity index (χ0n) is 18.3. The van der Waals surface area contributed by atoms with Crippen molar-refractivity contribution in [1.82, 2.24) is 10.0 Å². The summed E-state index contributed by atoms with van der Waals surface area (Å²) < 4.78 is 38.0. The van der Waals surface area contributed by atoms with E-state index in [1.807, 2.05) is 6.07 Å². The number of benzene rings is 3. The van der Waals surface area contributed by atoms with Crippen molar-refractivity contribution >= 4 is 27.5 Å². The number of para-hydroxylation sites is 1. The fourth-order valence-corrected chi connectivity index (χ4v) is 4.54. The van der Waals surface area contributed by atoms with Gasteiger partial charge in [-0.25, -0.2) is 8.42 Å². The highest BCUT2D eigenvalue weighted by Crippen LogP contribution is 2.32. The molecule has 0 unspecified atom stereocenters. The maximum Gasteiger partial charge on any atom is 0.253 e. The van der Waals surface area contributed by atoms with Gasteiger partial charge in [-0.2, -0.15) is 4.72 Å². The summed E-state index contributed by atoms with van der Waals surface area (Å²) >= 11 is 0. The summed E-state index contributed by atoms with van der Waals surface area (Å²) in [6, 6.07) is 18.6. The highest BCUT2D eigenvalue weighted by Gasteiger charge is 2.23. The van der Waals surface area contributed by atoms with Gasteiger partial charge in [-0.3, -0.25) is 9.59 Å². The Morgan fingerprint density at radius 2 is 1.65 bits per heavy atom. The van der Waals surface area contributed by atoms with E-state index >= 15 is 0 Å². The van der Waals surface area contributed by atoms with Crippen LogP contribution in [0.25, 0.3) is 0 Å². The molecule has 3 N–H and O–H groups in total. The SMILES string of the molecule is C[C@@H](NS(=O)(=O)c1ccccc1)C(=O)Nc1ccccc1C(=O)NCc1ccc2c(c1)OCO2. The second-order valence-electron chi connectivity index (χ2n) is 7.56. The number of hydrogen-bond acceptors (Lipinski definition) is 6. The Morgan fingerprint density at radius 3 is 2.44 bits per heavy atom. The molecule has 2 amide bonds. The Morgan fingerprint density at radius 1 is 0.941 bits per heavy atom. The molecule has 176 valence electrons. The van der Waals surface area contributed by atoms with Gasteiger partial charge in [0, 0.05) is 6.54 Å². The summed E-state index contributed by atoms with van der Waals surface area (Å²) in [6.45, 7) is 1.83. The zero-order valence-corrected chi connectivity index (χ0v) is 19.1. The summed E-state index contributed by atoms with van der Waals surface area (Å²) in [5.41, 5.74) is 1.33. The van der Waals surface area contributed by atoms with Crippen LogP contribution in [0.1, 0.15) is 22.8 Å². The standard InChI is InChI=1S/C24H23N3O6S/c1-16(27-34(30,31)18-7-3-2-4-8-18)23(28)26-20-10-6-5-9-19(20)24(29)25-14-17-11-12-21-22(13-17)33-15-32-21/h2-13,16,27H,14-15H2,1H3,(H,25,29)(H,26,28)/t16-/m1/s1. The quantitative estimate of drug-likeness (QED) is 0.455. The van der Waals surface area contributed by atoms with Gasteiger partial charge >= 0.3 is 0 Å². The predicted octanol–water partition coefficient (Wildman–Crippen LogP) is 2.65. The van der Waals surface area contributed by atoms with Crippen LogP contribution in [0.4, 0.5) is 5.69 Å². The largest absolute Gasteiger partial charge is 0.454 e. The van der Waals surface area contributed by atoms with Crippen molar-refractivity contribution in [3.8, 4) is 11.5 Å². The van der Waals surface area contributed by atoms with Gasteiger partial charge in [0.2, 0.25) is 22.7 Å². The summed E-state index contributed by atoms with van der Waals surface area (Å²) in [6.07, 6.45) is 0. The topological polar surface area (TPSA) is 123 Å². The third-order valence-electron chi connectivity index (χ3n) is 5.10. The first-order valence-electron chi connectivity index (χ1n) is 10.5. The van der Waals surface area contributed by atoms with E-state index in [9.17, 15) is 18.0 Å². The van der Waals surface area contributed by atoms with Crippen LogP contribution < -0.4 is 24.8 Å². The molecule has 10 heteroatoms. The molecular formula is C24H23N3O6S. The molecule has 0 saturated heterocycles. The van der Waals surface area contributed by atoms with E-state index < -0.39 is 27.9 Å². The number of anilines is 1. The van der Waals surface area contributed by atoms with E-state index in [0.717, 1.165) is 5.56 Å². The molecule has 0 bridgehead atoms. The van der Waals surface area contributed by atoms with E-state index in [-0.39, 0.29) is 29.5 Å². The fourth-order valence-electron chi connectivity index (χ4n) is 3.31. The van der Waals surface area contributed by atoms with Crippen molar-refractivity contribution in [2.75, 3.05) is 12.1 Å². The number of sulfonamides is 1. The van der Waals surface area contributed by atoms with Gasteiger partial charge in [0.05, 0.1) is 22.2 Å². The average Bonchev–Trinajstić information content (AvgIpc) is 3.31. The molecule has 4 rings (SSSR count). The third-order valence-corrected chi connectivity index (χ3v) is 6.65. The number of fused-ring (bicyclic) bond motifs is 1. The molecule has 0 fully saturated rings. The van der Waals surface area contributed by atoms with Gasteiger partial charge < -0.3 is 20.1 Å². The van der Waals surface area contributed by atoms with Gasteiger partial charge in [-0.15, -0.1) is 0 Å². The number of ether oxygens (including phenoxy) is 2. The molecule has 0 aliphatic carbocycles. The molecule has 0 saturated carbocycles. The van der Waals surface area contributed by atoms with Crippen LogP contribution in [0.3, 0.4) is 0 Å². The monoisotopic (exact) mass is 481 g/mol. The van der Waals surface area contributed by atoms with E-state index in [1.165, 1.54) is 19.1 Å². The lowest BCUT2D eigenvalue weighted by Gasteiger charge is -2.16. The second-order valence-corrected chi connectivity index (χ2v) is 9.28. The highest BCUT2D eigenvalue weighted by molar-refractivity contribution is 7.89. The summed E-state index contributed by atoms with van der Waals surface area (Å²) in [7, 11) is -3.88. The van der Waals surface area contributed by atoms with Crippen LogP contribution in [0.2, 0.25) is 0 Å². The highest BCUT2D eigenvalue weighted by atomic mass is 32.2. The molecule has 1 aliphatic heterocycles. The number of rotatable bonds is 8. The molecule has 0 aromatic heterocycles. The number of nitrogens with one attached hydrogen (secondary N) is 3. The van der Waals surface area contributed by atoms with Crippen LogP contribution >= 0.6 is 0 Å². The van der Waals surface area contributed by atoms with Gasteiger partial charge in [0.1, 0.15) is 0 Å². The molecule has 9 nitrogen and oxygen atoms in total. The Hall–Kier alpha value is -3.89. The first kappa shape index (κ1) is 23.3. The molecule has 3 aromatic rings. The fraction of sp³-hybridized carbons (Fsp3) is 0.167. The Labute approximate surface area is 197 Å². The Balaban J connectivity index is 1.40. The van der Waals surface area contributed by atoms with Gasteiger partial charge in [-0.1, -0.05) is 36.4 Å². The lowest BCUT2D eigenvalue weighted by Crippen LogP contribution is -2.41. The van der Waals surface area contributed by atoms with Gasteiger partial charge in [-0.05, 0) is 48.9 Å². The number of carbonyl (C=O) groups is 2. The molecule has 1 heterocycles. The van der Waals surface area contributed by atoms with E-state index in [1.54, 1.807) is 54.6 Å². The summed E-state index contributed by atoms with van der Waals surface area (Å²) in [5.74, 6) is 0.271. The predicted molar refractivity (Wildman–Crippen MR) is 125 cm³/mol. The molecular weight excluding hydrogens is 458 g/mol. The van der Waals surface area contributed by atoms with Crippen molar-refractivity contribution in [3.05, 3.63) is 83.9 Å². The van der Waals surface area contributed by atoms with Crippen LogP contribution in [0.5, 0.6) is 11.5 Å². The van der Waals surface area contributed by atoms with E-state index in [0.29, 0.717) is 11.5 Å². The molecule has 1 aliphatic rings. The zero-order chi connectivity index (χ0) is 24.1. The van der Waals surface area contributed by atoms with Gasteiger partial charge in [0.15, 0.2) is 11.5 Å². The van der Waals surface area contributed by atoms with E-state index in [2.05, 4.69) is 15.4 Å². The van der Waals surface area contributed by atoms with Crippen LogP contribution in [-0.4, -0.2) is 33.1 Å². The first-order chi connectivity index (χ1) is 16.3. The number of carbonyl (C=O) groups excluding carboxylic acids is 2. The van der Waals surface area contributed by atoms with Crippen molar-refractivity contribution in [1.29, 1.82) is 0 Å². The first-order valence-corrected chi connectivity index (χ1v) is 12.0. The lowest BCUT2D eigenvalue weighted by atomic mass is 10.1. The maximum atomic E-state index is 12.8. The smallest absolute Gasteiger partial charge is 0.253 e. The minimum Gasteiger partial charge on any atom is -0.454 e. The van der Waals surface area contributed by atoms with Crippen LogP contribution in [-0.2, 0) is 21.4 Å². The van der Waals surface area contributed by atoms with Gasteiger partial charge in [0.25, 0.3) is 5.91 Å². The second kappa shape index (κ2) is 9.94. The summed E-state index contributed by atoms with van der Waals surface area (Å²) in [4.78, 5) is 25.6. The number of hydrogen-bond donors (Lipinski definition) is 3. The van der Waals surface area contributed by atoms with Crippen molar-refractivity contribution in [2.45, 2.75) is 24.4 Å². The van der Waals surface area contributed by atoms with Crippen LogP contribution in [0, 0.1) is 0 Å². The van der Waals surface area contributed by atoms with Crippen molar-refractivity contribution in [2.24, 2.45) is 0 Å². The van der Waals surface area contributed by atoms with Crippen LogP contribution in [0.15, 0.2) is 77.7 Å². The number of amides is 2. The average molecular weight is 482 g/mol. The third kappa shape index (κ3) is 5.36. The molecule has 0 radical (unpaired) electrons. The lowest BCUT2D eigenvalue weighted by molar-refractivity contribution is -0.117. The summed E-state index contributed by atoms with van der Waals surface area (Å²) in [5, 5.41) is 5.45. The van der Waals surface area contributed by atoms with Crippen molar-refractivity contribution < 1.29 is 27.5 Å². The Bertz CT molecular complexity index is 1310. The Kier molecular flexibility index (Phi) is 6.80. The molecule has 34 heavy (non-hydrogen) atoms. The molecule has 0 spiro atoms. The molecule has 3 aromatic carbocycles. The normalized spacial score (nSPS) is 13.2. The van der Waals surface area contributed by atoms with E-state index in [4.69, 9.17) is 9.47 Å². The maximum absolute atomic E-state index is 12.8. The minimum absolute atomic E-state index is 0.0537.